The van der Waals surface area contributed by atoms with Crippen molar-refractivity contribution in [3.8, 4) is 11.3 Å². The number of aromatic nitrogens is 1. The van der Waals surface area contributed by atoms with E-state index in [-0.39, 0.29) is 5.91 Å². The summed E-state index contributed by atoms with van der Waals surface area (Å²) < 4.78 is 5.77. The Hall–Kier alpha value is -1.81. The van der Waals surface area contributed by atoms with Crippen molar-refractivity contribution in [3.63, 3.8) is 0 Å². The van der Waals surface area contributed by atoms with E-state index in [9.17, 15) is 4.79 Å². The molecule has 3 rings (SSSR count). The van der Waals surface area contributed by atoms with Crippen LogP contribution in [0.4, 0.5) is 0 Å². The van der Waals surface area contributed by atoms with Crippen molar-refractivity contribution in [3.05, 3.63) is 41.4 Å². The molecule has 4 nitrogen and oxygen atoms in total. The van der Waals surface area contributed by atoms with E-state index in [1.54, 1.807) is 6.20 Å². The molecule has 2 heterocycles. The maximum atomic E-state index is 12.5. The minimum absolute atomic E-state index is 0.198. The van der Waals surface area contributed by atoms with Gasteiger partial charge in [0.05, 0.1) is 11.2 Å². The molecule has 0 N–H and O–H groups in total. The van der Waals surface area contributed by atoms with Crippen LogP contribution in [0.25, 0.3) is 11.3 Å². The number of carbonyl (C=O) groups is 1. The number of nitrogens with zero attached hydrogens (tertiary/aromatic N) is 2. The number of hydrogen-bond acceptors (Lipinski definition) is 3. The summed E-state index contributed by atoms with van der Waals surface area (Å²) in [6.45, 7) is 5.23. The number of oxazole rings is 1. The van der Waals surface area contributed by atoms with Crippen molar-refractivity contribution in [2.24, 2.45) is 5.92 Å². The molecule has 0 bridgehead atoms. The SMILES string of the molecule is CC(C)C1CCCN1C(=O)CCc1ncc(-c2ccccc2Cl)o1. The van der Waals surface area contributed by atoms with E-state index in [4.69, 9.17) is 16.0 Å². The number of rotatable bonds is 5. The second-order valence-corrected chi connectivity index (χ2v) is 7.05. The lowest BCUT2D eigenvalue weighted by atomic mass is 10.0. The summed E-state index contributed by atoms with van der Waals surface area (Å²) in [4.78, 5) is 18.8. The minimum Gasteiger partial charge on any atom is -0.441 e. The third-order valence-corrected chi connectivity index (χ3v) is 4.96. The summed E-state index contributed by atoms with van der Waals surface area (Å²) in [6.07, 6.45) is 4.84. The number of likely N-dealkylation sites (tertiary alicyclic amines) is 1. The molecule has 0 aliphatic carbocycles. The minimum atomic E-state index is 0.198. The van der Waals surface area contributed by atoms with Crippen molar-refractivity contribution in [2.75, 3.05) is 6.54 Å². The van der Waals surface area contributed by atoms with Gasteiger partial charge >= 0.3 is 0 Å². The summed E-state index contributed by atoms with van der Waals surface area (Å²) in [5.74, 6) is 1.93. The lowest BCUT2D eigenvalue weighted by molar-refractivity contribution is -0.132. The molecule has 0 spiro atoms. The molecule has 128 valence electrons. The lowest BCUT2D eigenvalue weighted by Gasteiger charge is -2.27. The Bertz CT molecular complexity index is 711. The largest absolute Gasteiger partial charge is 0.441 e. The van der Waals surface area contributed by atoms with Crippen LogP contribution in [0.15, 0.2) is 34.9 Å². The average Bonchev–Trinajstić information content (AvgIpc) is 3.22. The average molecular weight is 347 g/mol. The molecule has 1 aromatic carbocycles. The summed E-state index contributed by atoms with van der Waals surface area (Å²) >= 11 is 6.18. The van der Waals surface area contributed by atoms with Gasteiger partial charge in [-0.15, -0.1) is 0 Å². The van der Waals surface area contributed by atoms with Crippen molar-refractivity contribution < 1.29 is 9.21 Å². The third kappa shape index (κ3) is 3.64. The topological polar surface area (TPSA) is 46.3 Å². The van der Waals surface area contributed by atoms with Crippen LogP contribution in [-0.4, -0.2) is 28.4 Å². The molecule has 1 unspecified atom stereocenters. The molecule has 2 aromatic rings. The maximum absolute atomic E-state index is 12.5. The van der Waals surface area contributed by atoms with E-state index in [1.165, 1.54) is 0 Å². The van der Waals surface area contributed by atoms with Gasteiger partial charge in [-0.05, 0) is 30.9 Å². The molecule has 1 amide bonds. The second-order valence-electron chi connectivity index (χ2n) is 6.64. The van der Waals surface area contributed by atoms with Crippen LogP contribution in [0, 0.1) is 5.92 Å². The first-order chi connectivity index (χ1) is 11.6. The first kappa shape index (κ1) is 17.0. The summed E-state index contributed by atoms with van der Waals surface area (Å²) in [6, 6.07) is 7.88. The molecule has 0 radical (unpaired) electrons. The van der Waals surface area contributed by atoms with E-state index in [0.29, 0.717) is 41.5 Å². The Labute approximate surface area is 147 Å². The number of amides is 1. The van der Waals surface area contributed by atoms with Crippen LogP contribution >= 0.6 is 11.6 Å². The summed E-state index contributed by atoms with van der Waals surface area (Å²) in [7, 11) is 0. The van der Waals surface area contributed by atoms with Gasteiger partial charge in [-0.1, -0.05) is 37.6 Å². The van der Waals surface area contributed by atoms with E-state index >= 15 is 0 Å². The standard InChI is InChI=1S/C19H23ClN2O2/c1-13(2)16-8-5-11-22(16)19(23)10-9-18-21-12-17(24-18)14-6-3-4-7-15(14)20/h3-4,6-7,12-13,16H,5,8-11H2,1-2H3. The lowest BCUT2D eigenvalue weighted by Crippen LogP contribution is -2.38. The quantitative estimate of drug-likeness (QED) is 0.796. The van der Waals surface area contributed by atoms with Gasteiger partial charge in [-0.25, -0.2) is 4.98 Å². The first-order valence-electron chi connectivity index (χ1n) is 8.55. The number of halogens is 1. The van der Waals surface area contributed by atoms with Crippen LogP contribution < -0.4 is 0 Å². The number of aryl methyl sites for hydroxylation is 1. The van der Waals surface area contributed by atoms with Crippen molar-refractivity contribution >= 4 is 17.5 Å². The highest BCUT2D eigenvalue weighted by Crippen LogP contribution is 2.28. The molecule has 1 aliphatic heterocycles. The number of carbonyl (C=O) groups excluding carboxylic acids is 1. The van der Waals surface area contributed by atoms with E-state index in [1.807, 2.05) is 29.2 Å². The van der Waals surface area contributed by atoms with Gasteiger partial charge in [0.15, 0.2) is 11.7 Å². The maximum Gasteiger partial charge on any atom is 0.223 e. The molecule has 5 heteroatoms. The monoisotopic (exact) mass is 346 g/mol. The van der Waals surface area contributed by atoms with Crippen LogP contribution in [0.1, 0.15) is 39.0 Å². The van der Waals surface area contributed by atoms with Gasteiger partial charge in [0.1, 0.15) is 0 Å². The molecule has 1 saturated heterocycles. The molecule has 1 atom stereocenters. The zero-order valence-corrected chi connectivity index (χ0v) is 14.9. The van der Waals surface area contributed by atoms with Gasteiger partial charge in [-0.2, -0.15) is 0 Å². The molecular formula is C19H23ClN2O2. The van der Waals surface area contributed by atoms with Gasteiger partial charge in [-0.3, -0.25) is 4.79 Å². The third-order valence-electron chi connectivity index (χ3n) is 4.63. The Morgan fingerprint density at radius 2 is 2.21 bits per heavy atom. The normalized spacial score (nSPS) is 17.7. The highest BCUT2D eigenvalue weighted by molar-refractivity contribution is 6.33. The fourth-order valence-electron chi connectivity index (χ4n) is 3.36. The number of benzene rings is 1. The molecule has 24 heavy (non-hydrogen) atoms. The molecule has 1 aliphatic rings. The van der Waals surface area contributed by atoms with E-state index in [2.05, 4.69) is 18.8 Å². The van der Waals surface area contributed by atoms with E-state index in [0.717, 1.165) is 24.9 Å². The predicted molar refractivity (Wildman–Crippen MR) is 94.8 cm³/mol. The summed E-state index contributed by atoms with van der Waals surface area (Å²) in [5, 5.41) is 0.633. The van der Waals surface area contributed by atoms with Crippen molar-refractivity contribution in [1.29, 1.82) is 0 Å². The smallest absolute Gasteiger partial charge is 0.223 e. The van der Waals surface area contributed by atoms with Crippen LogP contribution in [0.2, 0.25) is 5.02 Å². The van der Waals surface area contributed by atoms with E-state index < -0.39 is 0 Å². The van der Waals surface area contributed by atoms with Gasteiger partial charge in [0, 0.05) is 31.0 Å². The molecule has 1 fully saturated rings. The first-order valence-corrected chi connectivity index (χ1v) is 8.93. The van der Waals surface area contributed by atoms with Gasteiger partial charge in [0.2, 0.25) is 5.91 Å². The predicted octanol–water partition coefficient (Wildman–Crippen LogP) is 4.57. The molecule has 1 aromatic heterocycles. The zero-order chi connectivity index (χ0) is 17.1. The highest BCUT2D eigenvalue weighted by Gasteiger charge is 2.30. The Kier molecular flexibility index (Phi) is 5.24. The molecular weight excluding hydrogens is 324 g/mol. The van der Waals surface area contributed by atoms with Crippen LogP contribution in [-0.2, 0) is 11.2 Å². The van der Waals surface area contributed by atoms with Gasteiger partial charge in [0.25, 0.3) is 0 Å². The zero-order valence-electron chi connectivity index (χ0n) is 14.2. The fourth-order valence-corrected chi connectivity index (χ4v) is 3.59. The Morgan fingerprint density at radius 3 is 2.96 bits per heavy atom. The highest BCUT2D eigenvalue weighted by atomic mass is 35.5. The number of hydrogen-bond donors (Lipinski definition) is 0. The van der Waals surface area contributed by atoms with Crippen molar-refractivity contribution in [2.45, 2.75) is 45.6 Å². The van der Waals surface area contributed by atoms with Gasteiger partial charge < -0.3 is 9.32 Å². The Morgan fingerprint density at radius 1 is 1.42 bits per heavy atom. The molecule has 0 saturated carbocycles. The van der Waals surface area contributed by atoms with Crippen LogP contribution in [0.3, 0.4) is 0 Å². The van der Waals surface area contributed by atoms with Crippen LogP contribution in [0.5, 0.6) is 0 Å². The Balaban J connectivity index is 1.62. The van der Waals surface area contributed by atoms with Crippen molar-refractivity contribution in [1.82, 2.24) is 9.88 Å². The second kappa shape index (κ2) is 7.39. The fraction of sp³-hybridized carbons (Fsp3) is 0.474. The summed E-state index contributed by atoms with van der Waals surface area (Å²) in [5.41, 5.74) is 0.823.